The lowest BCUT2D eigenvalue weighted by atomic mass is 10.2. The summed E-state index contributed by atoms with van der Waals surface area (Å²) >= 11 is 7.36. The van der Waals surface area contributed by atoms with Gasteiger partial charge in [0.25, 0.3) is 0 Å². The van der Waals surface area contributed by atoms with Crippen molar-refractivity contribution >= 4 is 35.0 Å². The number of thioether (sulfide) groups is 1. The number of carbonyl (C=O) groups is 1. The minimum atomic E-state index is -0.340. The number of carbonyl (C=O) groups excluding carboxylic acids is 1. The van der Waals surface area contributed by atoms with Gasteiger partial charge in [-0.05, 0) is 43.2 Å². The Morgan fingerprint density at radius 3 is 2.79 bits per heavy atom. The molecule has 0 radical (unpaired) electrons. The molecule has 29 heavy (non-hydrogen) atoms. The Bertz CT molecular complexity index is 1050. The van der Waals surface area contributed by atoms with E-state index in [2.05, 4.69) is 15.5 Å². The van der Waals surface area contributed by atoms with Crippen LogP contribution in [0.5, 0.6) is 5.75 Å². The van der Waals surface area contributed by atoms with Crippen LogP contribution in [0.15, 0.2) is 47.6 Å². The zero-order valence-corrected chi connectivity index (χ0v) is 17.1. The summed E-state index contributed by atoms with van der Waals surface area (Å²) in [6.45, 7) is 0. The molecule has 0 aliphatic heterocycles. The van der Waals surface area contributed by atoms with E-state index in [1.54, 1.807) is 36.4 Å². The number of hydrogen-bond acceptors (Lipinski definition) is 5. The molecule has 1 aromatic heterocycles. The van der Waals surface area contributed by atoms with Crippen LogP contribution in [0.2, 0.25) is 5.02 Å². The maximum atomic E-state index is 14.2. The van der Waals surface area contributed by atoms with E-state index in [1.807, 2.05) is 4.57 Å². The molecule has 0 saturated heterocycles. The van der Waals surface area contributed by atoms with Gasteiger partial charge in [0, 0.05) is 11.7 Å². The molecule has 1 fully saturated rings. The smallest absolute Gasteiger partial charge is 0.234 e. The molecule has 1 N–H and O–H groups in total. The SMILES string of the molecule is COc1ccc(NC(=O)CSc2nnc(-c3ccccc3F)n2C2CC2)cc1Cl. The van der Waals surface area contributed by atoms with Crippen molar-refractivity contribution in [3.8, 4) is 17.1 Å². The summed E-state index contributed by atoms with van der Waals surface area (Å²) in [6.07, 6.45) is 1.98. The second kappa shape index (κ2) is 8.42. The van der Waals surface area contributed by atoms with Crippen LogP contribution in [0.1, 0.15) is 18.9 Å². The number of rotatable bonds is 7. The molecule has 0 bridgehead atoms. The Morgan fingerprint density at radius 1 is 1.31 bits per heavy atom. The largest absolute Gasteiger partial charge is 0.495 e. The van der Waals surface area contributed by atoms with Gasteiger partial charge in [-0.1, -0.05) is 35.5 Å². The van der Waals surface area contributed by atoms with E-state index in [9.17, 15) is 9.18 Å². The Balaban J connectivity index is 1.47. The minimum absolute atomic E-state index is 0.145. The molecule has 6 nitrogen and oxygen atoms in total. The predicted octanol–water partition coefficient (Wildman–Crippen LogP) is 4.81. The lowest BCUT2D eigenvalue weighted by Crippen LogP contribution is -2.14. The van der Waals surface area contributed by atoms with Gasteiger partial charge in [-0.3, -0.25) is 9.36 Å². The van der Waals surface area contributed by atoms with E-state index in [0.717, 1.165) is 12.8 Å². The van der Waals surface area contributed by atoms with Gasteiger partial charge in [-0.15, -0.1) is 10.2 Å². The quantitative estimate of drug-likeness (QED) is 0.542. The van der Waals surface area contributed by atoms with Crippen molar-refractivity contribution in [1.82, 2.24) is 14.8 Å². The van der Waals surface area contributed by atoms with Crippen molar-refractivity contribution < 1.29 is 13.9 Å². The lowest BCUT2D eigenvalue weighted by molar-refractivity contribution is -0.113. The molecule has 1 amide bonds. The third-order valence-electron chi connectivity index (χ3n) is 4.46. The lowest BCUT2D eigenvalue weighted by Gasteiger charge is -2.10. The highest BCUT2D eigenvalue weighted by Gasteiger charge is 2.31. The first-order valence-electron chi connectivity index (χ1n) is 9.03. The number of benzene rings is 2. The van der Waals surface area contributed by atoms with Crippen molar-refractivity contribution in [2.75, 3.05) is 18.2 Å². The number of hydrogen-bond donors (Lipinski definition) is 1. The molecule has 1 aliphatic carbocycles. The summed E-state index contributed by atoms with van der Waals surface area (Å²) in [5, 5.41) is 12.2. The summed E-state index contributed by atoms with van der Waals surface area (Å²) < 4.78 is 21.3. The molecule has 2 aromatic carbocycles. The molecular formula is C20H18ClFN4O2S. The molecule has 9 heteroatoms. The standard InChI is InChI=1S/C20H18ClFN4O2S/c1-28-17-9-6-12(10-15(17)21)23-18(27)11-29-20-25-24-19(26(20)13-7-8-13)14-4-2-3-5-16(14)22/h2-6,9-10,13H,7-8,11H2,1H3,(H,23,27). The molecule has 0 atom stereocenters. The Morgan fingerprint density at radius 2 is 2.10 bits per heavy atom. The molecule has 1 saturated carbocycles. The van der Waals surface area contributed by atoms with E-state index in [1.165, 1.54) is 24.9 Å². The number of anilines is 1. The highest BCUT2D eigenvalue weighted by Crippen LogP contribution is 2.41. The van der Waals surface area contributed by atoms with E-state index < -0.39 is 0 Å². The Labute approximate surface area is 176 Å². The molecule has 150 valence electrons. The average molecular weight is 433 g/mol. The van der Waals surface area contributed by atoms with Crippen LogP contribution in [0.4, 0.5) is 10.1 Å². The van der Waals surface area contributed by atoms with Gasteiger partial charge in [0.1, 0.15) is 11.6 Å². The fourth-order valence-electron chi connectivity index (χ4n) is 2.93. The maximum Gasteiger partial charge on any atom is 0.234 e. The van der Waals surface area contributed by atoms with E-state index in [4.69, 9.17) is 16.3 Å². The van der Waals surface area contributed by atoms with E-state index in [0.29, 0.717) is 33.0 Å². The summed E-state index contributed by atoms with van der Waals surface area (Å²) in [5.74, 6) is 0.639. The number of methoxy groups -OCH3 is 1. The van der Waals surface area contributed by atoms with Crippen LogP contribution in [0.3, 0.4) is 0 Å². The number of amides is 1. The van der Waals surface area contributed by atoms with E-state index >= 15 is 0 Å². The molecule has 0 unspecified atom stereocenters. The number of nitrogens with one attached hydrogen (secondary N) is 1. The molecule has 1 aliphatic rings. The topological polar surface area (TPSA) is 69.0 Å². The second-order valence-corrected chi connectivity index (χ2v) is 7.92. The summed E-state index contributed by atoms with van der Waals surface area (Å²) in [5.41, 5.74) is 0.994. The predicted molar refractivity (Wildman–Crippen MR) is 111 cm³/mol. The molecule has 4 rings (SSSR count). The summed E-state index contributed by atoms with van der Waals surface area (Å²) in [7, 11) is 1.53. The Kier molecular flexibility index (Phi) is 5.73. The van der Waals surface area contributed by atoms with Gasteiger partial charge < -0.3 is 10.1 Å². The summed E-state index contributed by atoms with van der Waals surface area (Å²) in [4.78, 5) is 12.4. The van der Waals surface area contributed by atoms with E-state index in [-0.39, 0.29) is 23.5 Å². The minimum Gasteiger partial charge on any atom is -0.495 e. The maximum absolute atomic E-state index is 14.2. The van der Waals surface area contributed by atoms with Crippen molar-refractivity contribution in [2.24, 2.45) is 0 Å². The van der Waals surface area contributed by atoms with Crippen LogP contribution in [-0.2, 0) is 4.79 Å². The average Bonchev–Trinajstić information content (AvgIpc) is 3.46. The zero-order valence-electron chi connectivity index (χ0n) is 15.6. The van der Waals surface area contributed by atoms with Gasteiger partial charge in [-0.25, -0.2) is 4.39 Å². The number of nitrogens with zero attached hydrogens (tertiary/aromatic N) is 3. The van der Waals surface area contributed by atoms with Crippen molar-refractivity contribution in [2.45, 2.75) is 24.0 Å². The monoisotopic (exact) mass is 432 g/mol. The van der Waals surface area contributed by atoms with Gasteiger partial charge in [0.15, 0.2) is 11.0 Å². The van der Waals surface area contributed by atoms with Crippen LogP contribution in [-0.4, -0.2) is 33.5 Å². The first-order chi connectivity index (χ1) is 14.1. The molecule has 1 heterocycles. The highest BCUT2D eigenvalue weighted by atomic mass is 35.5. The third-order valence-corrected chi connectivity index (χ3v) is 5.70. The van der Waals surface area contributed by atoms with Crippen LogP contribution >= 0.6 is 23.4 Å². The summed E-state index contributed by atoms with van der Waals surface area (Å²) in [6, 6.07) is 11.8. The second-order valence-electron chi connectivity index (χ2n) is 6.57. The van der Waals surface area contributed by atoms with Gasteiger partial charge in [0.05, 0.1) is 23.4 Å². The van der Waals surface area contributed by atoms with Gasteiger partial charge in [-0.2, -0.15) is 0 Å². The number of ether oxygens (including phenoxy) is 1. The molecular weight excluding hydrogens is 415 g/mol. The van der Waals surface area contributed by atoms with Crippen LogP contribution < -0.4 is 10.1 Å². The highest BCUT2D eigenvalue weighted by molar-refractivity contribution is 7.99. The van der Waals surface area contributed by atoms with Crippen molar-refractivity contribution in [3.63, 3.8) is 0 Å². The normalized spacial score (nSPS) is 13.3. The number of halogens is 2. The third kappa shape index (κ3) is 4.38. The fourth-order valence-corrected chi connectivity index (χ4v) is 4.00. The number of aromatic nitrogens is 3. The Hall–Kier alpha value is -2.58. The first-order valence-corrected chi connectivity index (χ1v) is 10.4. The van der Waals surface area contributed by atoms with Gasteiger partial charge in [0.2, 0.25) is 5.91 Å². The van der Waals surface area contributed by atoms with Crippen LogP contribution in [0.25, 0.3) is 11.4 Å². The van der Waals surface area contributed by atoms with Crippen molar-refractivity contribution in [3.05, 3.63) is 53.3 Å². The molecule has 0 spiro atoms. The van der Waals surface area contributed by atoms with Gasteiger partial charge >= 0.3 is 0 Å². The molecule has 3 aromatic rings. The van der Waals surface area contributed by atoms with Crippen molar-refractivity contribution in [1.29, 1.82) is 0 Å². The fraction of sp³-hybridized carbons (Fsp3) is 0.250. The van der Waals surface area contributed by atoms with Crippen LogP contribution in [0, 0.1) is 5.82 Å². The first kappa shape index (κ1) is 19.7. The zero-order chi connectivity index (χ0) is 20.4.